The lowest BCUT2D eigenvalue weighted by Crippen LogP contribution is -2.13. The van der Waals surface area contributed by atoms with Gasteiger partial charge in [0.15, 0.2) is 9.84 Å². The highest BCUT2D eigenvalue weighted by Crippen LogP contribution is 2.28. The largest absolute Gasteiger partial charge is 0.493 e. The number of carboxylic acids is 1. The van der Waals surface area contributed by atoms with E-state index in [4.69, 9.17) is 4.74 Å². The molecule has 6 heteroatoms. The molecule has 0 saturated carbocycles. The average Bonchev–Trinajstić information content (AvgIpc) is 2.59. The van der Waals surface area contributed by atoms with Gasteiger partial charge in [-0.3, -0.25) is 0 Å². The zero-order valence-electron chi connectivity index (χ0n) is 14.5. The van der Waals surface area contributed by atoms with Crippen LogP contribution in [0.15, 0.2) is 47.4 Å². The molecule has 2 aromatic carbocycles. The van der Waals surface area contributed by atoms with E-state index in [2.05, 4.69) is 0 Å². The molecule has 0 amide bonds. The third-order valence-corrected chi connectivity index (χ3v) is 5.98. The first-order valence-electron chi connectivity index (χ1n) is 8.11. The number of hydrogen-bond acceptors (Lipinski definition) is 4. The molecule has 0 aliphatic heterocycles. The Kier molecular flexibility index (Phi) is 5.85. The highest BCUT2D eigenvalue weighted by atomic mass is 32.2. The Morgan fingerprint density at radius 3 is 2.20 bits per heavy atom. The van der Waals surface area contributed by atoms with Crippen LogP contribution in [0.25, 0.3) is 11.1 Å². The van der Waals surface area contributed by atoms with Crippen molar-refractivity contribution in [1.82, 2.24) is 0 Å². The molecule has 0 aliphatic carbocycles. The van der Waals surface area contributed by atoms with E-state index >= 15 is 0 Å². The molecule has 0 aliphatic rings. The zero-order valence-corrected chi connectivity index (χ0v) is 15.3. The van der Waals surface area contributed by atoms with Gasteiger partial charge in [0.05, 0.1) is 16.8 Å². The Labute approximate surface area is 148 Å². The van der Waals surface area contributed by atoms with Gasteiger partial charge in [0.2, 0.25) is 0 Å². The molecule has 0 spiro atoms. The normalized spacial score (nSPS) is 11.5. The second-order valence-corrected chi connectivity index (χ2v) is 8.49. The fourth-order valence-electron chi connectivity index (χ4n) is 2.32. The van der Waals surface area contributed by atoms with E-state index in [1.807, 2.05) is 6.92 Å². The summed E-state index contributed by atoms with van der Waals surface area (Å²) >= 11 is 0. The number of benzene rings is 2. The second-order valence-electron chi connectivity index (χ2n) is 5.98. The van der Waals surface area contributed by atoms with Gasteiger partial charge in [0.1, 0.15) is 11.3 Å². The summed E-state index contributed by atoms with van der Waals surface area (Å²) in [7, 11) is -3.33. The summed E-state index contributed by atoms with van der Waals surface area (Å²) in [4.78, 5) is 11.7. The Hall–Kier alpha value is -2.34. The van der Waals surface area contributed by atoms with Crippen molar-refractivity contribution in [2.45, 2.75) is 37.3 Å². The van der Waals surface area contributed by atoms with E-state index in [-0.39, 0.29) is 10.5 Å². The molecule has 2 rings (SSSR count). The molecule has 2 aromatic rings. The Morgan fingerprint density at radius 1 is 1.08 bits per heavy atom. The number of carbonyl (C=O) groups is 1. The molecule has 0 bridgehead atoms. The summed E-state index contributed by atoms with van der Waals surface area (Å²) in [5.74, 6) is -0.732. The van der Waals surface area contributed by atoms with Gasteiger partial charge in [-0.2, -0.15) is 0 Å². The number of sulfone groups is 1. The quantitative estimate of drug-likeness (QED) is 0.804. The van der Waals surface area contributed by atoms with Crippen LogP contribution in [0.4, 0.5) is 0 Å². The average molecular weight is 362 g/mol. The highest BCUT2D eigenvalue weighted by Gasteiger charge is 2.19. The maximum atomic E-state index is 12.2. The molecule has 0 radical (unpaired) electrons. The summed E-state index contributed by atoms with van der Waals surface area (Å²) < 4.78 is 29.8. The summed E-state index contributed by atoms with van der Waals surface area (Å²) in [5.41, 5.74) is 1.52. The van der Waals surface area contributed by atoms with E-state index < -0.39 is 21.1 Å². The predicted octanol–water partition coefficient (Wildman–Crippen LogP) is 4.02. The molecule has 25 heavy (non-hydrogen) atoms. The summed E-state index contributed by atoms with van der Waals surface area (Å²) in [5, 5.41) is 8.90. The fraction of sp³-hybridized carbons (Fsp3) is 0.316. The minimum Gasteiger partial charge on any atom is -0.493 e. The monoisotopic (exact) mass is 362 g/mol. The van der Waals surface area contributed by atoms with Crippen LogP contribution in [0.2, 0.25) is 0 Å². The Bertz CT molecular complexity index is 852. The molecular formula is C19H22O5S. The molecule has 0 heterocycles. The molecular weight excluding hydrogens is 340 g/mol. The SMILES string of the molecule is CCCOc1ccc(-c2ccc(S(=O)(=O)C(C)C)cc2)cc1C(=O)O. The minimum absolute atomic E-state index is 0.0878. The lowest BCUT2D eigenvalue weighted by Gasteiger charge is -2.11. The van der Waals surface area contributed by atoms with Crippen LogP contribution in [0, 0.1) is 0 Å². The fourth-order valence-corrected chi connectivity index (χ4v) is 3.38. The summed E-state index contributed by atoms with van der Waals surface area (Å²) in [6.07, 6.45) is 0.784. The number of ether oxygens (including phenoxy) is 1. The smallest absolute Gasteiger partial charge is 0.339 e. The number of aromatic carboxylic acids is 1. The molecule has 0 saturated heterocycles. The van der Waals surface area contributed by atoms with Crippen molar-refractivity contribution < 1.29 is 23.1 Å². The lowest BCUT2D eigenvalue weighted by molar-refractivity contribution is 0.0692. The van der Waals surface area contributed by atoms with Crippen LogP contribution in [-0.2, 0) is 9.84 Å². The first-order valence-corrected chi connectivity index (χ1v) is 9.66. The third-order valence-electron chi connectivity index (χ3n) is 3.81. The first kappa shape index (κ1) is 19.0. The van der Waals surface area contributed by atoms with Crippen molar-refractivity contribution in [3.63, 3.8) is 0 Å². The predicted molar refractivity (Wildman–Crippen MR) is 96.9 cm³/mol. The van der Waals surface area contributed by atoms with Crippen molar-refractivity contribution in [3.8, 4) is 16.9 Å². The zero-order chi connectivity index (χ0) is 18.6. The molecule has 1 N–H and O–H groups in total. The van der Waals surface area contributed by atoms with Crippen LogP contribution in [0.3, 0.4) is 0 Å². The highest BCUT2D eigenvalue weighted by molar-refractivity contribution is 7.92. The molecule has 5 nitrogen and oxygen atoms in total. The van der Waals surface area contributed by atoms with E-state index in [1.165, 1.54) is 0 Å². The standard InChI is InChI=1S/C19H22O5S/c1-4-11-24-18-10-7-15(12-17(18)19(20)21)14-5-8-16(9-6-14)25(22,23)13(2)3/h5-10,12-13H,4,11H2,1-3H3,(H,20,21). The molecule has 0 unspecified atom stereocenters. The van der Waals surface area contributed by atoms with Gasteiger partial charge in [0.25, 0.3) is 0 Å². The van der Waals surface area contributed by atoms with E-state index in [0.717, 1.165) is 12.0 Å². The number of rotatable bonds is 7. The van der Waals surface area contributed by atoms with Crippen molar-refractivity contribution in [2.75, 3.05) is 6.61 Å². The minimum atomic E-state index is -3.33. The van der Waals surface area contributed by atoms with Crippen molar-refractivity contribution in [1.29, 1.82) is 0 Å². The third kappa shape index (κ3) is 4.20. The van der Waals surface area contributed by atoms with Gasteiger partial charge < -0.3 is 9.84 Å². The number of carboxylic acid groups (broad SMARTS) is 1. The van der Waals surface area contributed by atoms with Gasteiger partial charge in [0, 0.05) is 0 Å². The maximum absolute atomic E-state index is 12.2. The van der Waals surface area contributed by atoms with E-state index in [1.54, 1.807) is 56.3 Å². The summed E-state index contributed by atoms with van der Waals surface area (Å²) in [6.45, 7) is 5.66. The van der Waals surface area contributed by atoms with Gasteiger partial charge in [-0.25, -0.2) is 13.2 Å². The Balaban J connectivity index is 2.39. The van der Waals surface area contributed by atoms with Crippen LogP contribution >= 0.6 is 0 Å². The Morgan fingerprint density at radius 2 is 1.68 bits per heavy atom. The van der Waals surface area contributed by atoms with E-state index in [0.29, 0.717) is 17.9 Å². The first-order chi connectivity index (χ1) is 11.8. The van der Waals surface area contributed by atoms with E-state index in [9.17, 15) is 18.3 Å². The van der Waals surface area contributed by atoms with Gasteiger partial charge in [-0.05, 0) is 55.7 Å². The van der Waals surface area contributed by atoms with Gasteiger partial charge in [-0.1, -0.05) is 25.1 Å². The van der Waals surface area contributed by atoms with Crippen LogP contribution in [0.1, 0.15) is 37.6 Å². The maximum Gasteiger partial charge on any atom is 0.339 e. The second kappa shape index (κ2) is 7.70. The molecule has 0 atom stereocenters. The van der Waals surface area contributed by atoms with Gasteiger partial charge >= 0.3 is 5.97 Å². The molecule has 134 valence electrons. The number of hydrogen-bond donors (Lipinski definition) is 1. The van der Waals surface area contributed by atoms with Crippen molar-refractivity contribution in [3.05, 3.63) is 48.0 Å². The van der Waals surface area contributed by atoms with Crippen LogP contribution < -0.4 is 4.74 Å². The topological polar surface area (TPSA) is 80.7 Å². The summed E-state index contributed by atoms with van der Waals surface area (Å²) in [6, 6.07) is 11.4. The lowest BCUT2D eigenvalue weighted by atomic mass is 10.0. The van der Waals surface area contributed by atoms with Crippen molar-refractivity contribution >= 4 is 15.8 Å². The molecule has 0 aromatic heterocycles. The van der Waals surface area contributed by atoms with Crippen molar-refractivity contribution in [2.24, 2.45) is 0 Å². The van der Waals surface area contributed by atoms with Gasteiger partial charge in [-0.15, -0.1) is 0 Å². The molecule has 0 fully saturated rings. The van der Waals surface area contributed by atoms with Crippen LogP contribution in [-0.4, -0.2) is 31.4 Å². The van der Waals surface area contributed by atoms with Crippen LogP contribution in [0.5, 0.6) is 5.75 Å².